The summed E-state index contributed by atoms with van der Waals surface area (Å²) in [5.41, 5.74) is 13.7. The molecule has 0 radical (unpaired) electrons. The summed E-state index contributed by atoms with van der Waals surface area (Å²) in [4.78, 5) is 5.62. The Kier molecular flexibility index (Phi) is 7.57. The molecular weight excluding hydrogens is 713 g/mol. The van der Waals surface area contributed by atoms with Crippen molar-refractivity contribution in [3.63, 3.8) is 0 Å². The molecule has 0 unspecified atom stereocenters. The van der Waals surface area contributed by atoms with E-state index in [0.29, 0.717) is 0 Å². The second kappa shape index (κ2) is 13.4. The maximum Gasteiger partial charge on any atom is 0.147 e. The Balaban J connectivity index is 1.19. The zero-order chi connectivity index (χ0) is 38.9. The molecule has 0 spiro atoms. The minimum atomic E-state index is 0.961. The number of hydrogen-bond donors (Lipinski definition) is 0. The van der Waals surface area contributed by atoms with Crippen molar-refractivity contribution >= 4 is 59.6 Å². The number of nitrogens with zero attached hydrogens (tertiary/aromatic N) is 2. The Hall–Kier alpha value is -7.81. The van der Waals surface area contributed by atoms with Gasteiger partial charge in [0.2, 0.25) is 0 Å². The summed E-state index contributed by atoms with van der Waals surface area (Å²) < 4.78 is 2.44. The topological polar surface area (TPSA) is 17.3 Å². The third kappa shape index (κ3) is 5.24. The fraction of sp³-hybridized carbons (Fsp3) is 0. The second-order valence-electron chi connectivity index (χ2n) is 15.4. The predicted octanol–water partition coefficient (Wildman–Crippen LogP) is 15.4. The number of pyridine rings is 1. The number of aromatic nitrogens is 2. The van der Waals surface area contributed by atoms with E-state index in [-0.39, 0.29) is 0 Å². The quantitative estimate of drug-likeness (QED) is 0.127. The standard InChI is InChI=1S/C57H36N2/c1-4-16-37(17-5-1)38-28-30-40(31-29-38)52-46-24-12-14-26-48(46)53(49-27-15-13-25-47(49)52)43-33-34-45-50-35-32-39-18-10-11-23-44(39)54(50)57-58-55(41-19-6-2-7-20-41)56(59(57)51(45)36-43)42-21-8-3-9-22-42/h1-36H. The highest BCUT2D eigenvalue weighted by atomic mass is 15.0. The molecule has 2 heteroatoms. The fourth-order valence-corrected chi connectivity index (χ4v) is 9.53. The maximum absolute atomic E-state index is 5.62. The molecule has 0 saturated heterocycles. The van der Waals surface area contributed by atoms with E-state index in [0.717, 1.165) is 33.7 Å². The van der Waals surface area contributed by atoms with Crippen LogP contribution in [-0.4, -0.2) is 9.38 Å². The Morgan fingerprint density at radius 3 is 1.39 bits per heavy atom. The molecule has 0 saturated carbocycles. The van der Waals surface area contributed by atoms with Crippen LogP contribution >= 0.6 is 0 Å². The van der Waals surface area contributed by atoms with Crippen LogP contribution in [0.5, 0.6) is 0 Å². The zero-order valence-electron chi connectivity index (χ0n) is 32.2. The van der Waals surface area contributed by atoms with Crippen molar-refractivity contribution < 1.29 is 0 Å². The smallest absolute Gasteiger partial charge is 0.147 e. The molecule has 0 aliphatic carbocycles. The van der Waals surface area contributed by atoms with Crippen LogP contribution in [0, 0.1) is 0 Å². The molecule has 0 amide bonds. The molecule has 2 heterocycles. The molecule has 0 N–H and O–H groups in total. The van der Waals surface area contributed by atoms with Crippen LogP contribution in [0.3, 0.4) is 0 Å². The number of fused-ring (bicyclic) bond motifs is 10. The molecule has 0 bridgehead atoms. The van der Waals surface area contributed by atoms with Crippen molar-refractivity contribution in [2.45, 2.75) is 0 Å². The van der Waals surface area contributed by atoms with Crippen molar-refractivity contribution in [2.75, 3.05) is 0 Å². The summed E-state index contributed by atoms with van der Waals surface area (Å²) >= 11 is 0. The highest BCUT2D eigenvalue weighted by Gasteiger charge is 2.23. The average Bonchev–Trinajstić information content (AvgIpc) is 3.72. The molecular formula is C57H36N2. The van der Waals surface area contributed by atoms with Crippen molar-refractivity contribution in [1.82, 2.24) is 9.38 Å². The molecule has 12 aromatic rings. The van der Waals surface area contributed by atoms with Crippen molar-refractivity contribution in [2.24, 2.45) is 0 Å². The van der Waals surface area contributed by atoms with Crippen LogP contribution < -0.4 is 0 Å². The molecule has 0 fully saturated rings. The lowest BCUT2D eigenvalue weighted by atomic mass is 9.85. The first-order valence-corrected chi connectivity index (χ1v) is 20.3. The van der Waals surface area contributed by atoms with Crippen molar-refractivity contribution in [3.05, 3.63) is 218 Å². The molecule has 274 valence electrons. The molecule has 12 rings (SSSR count). The van der Waals surface area contributed by atoms with E-state index >= 15 is 0 Å². The van der Waals surface area contributed by atoms with Crippen LogP contribution in [0.2, 0.25) is 0 Å². The highest BCUT2D eigenvalue weighted by molar-refractivity contribution is 6.25. The van der Waals surface area contributed by atoms with Gasteiger partial charge in [0.1, 0.15) is 5.65 Å². The Morgan fingerprint density at radius 1 is 0.305 bits per heavy atom. The van der Waals surface area contributed by atoms with E-state index in [2.05, 4.69) is 223 Å². The van der Waals surface area contributed by atoms with Gasteiger partial charge in [0.05, 0.1) is 16.9 Å². The average molecular weight is 749 g/mol. The highest BCUT2D eigenvalue weighted by Crippen LogP contribution is 2.46. The normalized spacial score (nSPS) is 11.7. The van der Waals surface area contributed by atoms with Gasteiger partial charge in [-0.2, -0.15) is 0 Å². The van der Waals surface area contributed by atoms with Crippen molar-refractivity contribution in [1.29, 1.82) is 0 Å². The molecule has 0 atom stereocenters. The lowest BCUT2D eigenvalue weighted by molar-refractivity contribution is 1.27. The minimum Gasteiger partial charge on any atom is -0.291 e. The maximum atomic E-state index is 5.62. The Morgan fingerprint density at radius 2 is 0.763 bits per heavy atom. The number of rotatable bonds is 5. The summed E-state index contributed by atoms with van der Waals surface area (Å²) in [6.45, 7) is 0. The molecule has 0 aliphatic rings. The van der Waals surface area contributed by atoms with Gasteiger partial charge in [-0.05, 0) is 77.2 Å². The van der Waals surface area contributed by atoms with Gasteiger partial charge in [0.25, 0.3) is 0 Å². The van der Waals surface area contributed by atoms with Crippen LogP contribution in [-0.2, 0) is 0 Å². The summed E-state index contributed by atoms with van der Waals surface area (Å²) in [7, 11) is 0. The van der Waals surface area contributed by atoms with E-state index in [1.54, 1.807) is 0 Å². The molecule has 59 heavy (non-hydrogen) atoms. The van der Waals surface area contributed by atoms with Gasteiger partial charge >= 0.3 is 0 Å². The van der Waals surface area contributed by atoms with Crippen LogP contribution in [0.4, 0.5) is 0 Å². The van der Waals surface area contributed by atoms with Crippen LogP contribution in [0.1, 0.15) is 0 Å². The largest absolute Gasteiger partial charge is 0.291 e. The Labute approximate surface area is 341 Å². The fourth-order valence-electron chi connectivity index (χ4n) is 9.53. The van der Waals surface area contributed by atoms with Gasteiger partial charge in [-0.25, -0.2) is 4.98 Å². The molecule has 2 nitrogen and oxygen atoms in total. The summed E-state index contributed by atoms with van der Waals surface area (Å²) in [5, 5.41) is 10.9. The molecule has 0 aliphatic heterocycles. The van der Waals surface area contributed by atoms with Gasteiger partial charge in [0, 0.05) is 21.9 Å². The SMILES string of the molecule is c1ccc(-c2ccc(-c3c4ccccc4c(-c4ccc5c6ccc7ccccc7c6c6nc(-c7ccccc7)c(-c7ccccc7)n6c5c4)c4ccccc34)cc2)cc1. The first kappa shape index (κ1) is 33.3. The van der Waals surface area contributed by atoms with Gasteiger partial charge in [0.15, 0.2) is 0 Å². The van der Waals surface area contributed by atoms with E-state index in [1.807, 2.05) is 0 Å². The van der Waals surface area contributed by atoms with E-state index in [1.165, 1.54) is 81.9 Å². The number of hydrogen-bond acceptors (Lipinski definition) is 1. The first-order chi connectivity index (χ1) is 29.3. The Bertz CT molecular complexity index is 3510. The van der Waals surface area contributed by atoms with E-state index in [4.69, 9.17) is 4.98 Å². The minimum absolute atomic E-state index is 0.961. The van der Waals surface area contributed by atoms with Crippen LogP contribution in [0.25, 0.3) is 116 Å². The third-order valence-corrected chi connectivity index (χ3v) is 12.2. The van der Waals surface area contributed by atoms with Gasteiger partial charge in [-0.15, -0.1) is 0 Å². The third-order valence-electron chi connectivity index (χ3n) is 12.2. The number of benzene rings is 10. The summed E-state index contributed by atoms with van der Waals surface area (Å²) in [6, 6.07) is 79.3. The van der Waals surface area contributed by atoms with Gasteiger partial charge in [-0.1, -0.05) is 212 Å². The monoisotopic (exact) mass is 748 g/mol. The molecule has 2 aromatic heterocycles. The lowest BCUT2D eigenvalue weighted by Gasteiger charge is -2.19. The van der Waals surface area contributed by atoms with E-state index in [9.17, 15) is 0 Å². The molecule has 10 aromatic carbocycles. The summed E-state index contributed by atoms with van der Waals surface area (Å²) in [5.74, 6) is 0. The first-order valence-electron chi connectivity index (χ1n) is 20.3. The van der Waals surface area contributed by atoms with Gasteiger partial charge < -0.3 is 0 Å². The van der Waals surface area contributed by atoms with Crippen LogP contribution in [0.15, 0.2) is 218 Å². The predicted molar refractivity (Wildman–Crippen MR) is 250 cm³/mol. The van der Waals surface area contributed by atoms with E-state index < -0.39 is 0 Å². The number of imidazole rings is 1. The lowest BCUT2D eigenvalue weighted by Crippen LogP contribution is -1.96. The van der Waals surface area contributed by atoms with Gasteiger partial charge in [-0.3, -0.25) is 4.40 Å². The summed E-state index contributed by atoms with van der Waals surface area (Å²) in [6.07, 6.45) is 0. The van der Waals surface area contributed by atoms with Crippen molar-refractivity contribution in [3.8, 4) is 55.9 Å². The second-order valence-corrected chi connectivity index (χ2v) is 15.4. The zero-order valence-corrected chi connectivity index (χ0v) is 32.2.